The molecule has 1 aromatic heterocycles. The Hall–Kier alpha value is -2.36. The van der Waals surface area contributed by atoms with Crippen LogP contribution >= 0.6 is 0 Å². The van der Waals surface area contributed by atoms with Crippen LogP contribution in [0.25, 0.3) is 11.1 Å². The second-order valence-electron chi connectivity index (χ2n) is 4.49. The predicted molar refractivity (Wildman–Crippen MR) is 76.9 cm³/mol. The largest absolute Gasteiger partial charge is 0.465 e. The molecular formula is C16H17NO3. The molecule has 1 aromatic rings. The van der Waals surface area contributed by atoms with Crippen LogP contribution in [0.4, 0.5) is 0 Å². The fourth-order valence-corrected chi connectivity index (χ4v) is 2.08. The molecule has 0 spiro atoms. The lowest BCUT2D eigenvalue weighted by atomic mass is 10.2. The van der Waals surface area contributed by atoms with E-state index in [1.807, 2.05) is 6.92 Å². The van der Waals surface area contributed by atoms with Gasteiger partial charge in [0.1, 0.15) is 0 Å². The minimum atomic E-state index is -0.470. The molecule has 3 rings (SSSR count). The molecule has 0 fully saturated rings. The number of fused-ring (bicyclic) bond motifs is 1. The lowest BCUT2D eigenvalue weighted by Gasteiger charge is -2.04. The molecule has 4 nitrogen and oxygen atoms in total. The van der Waals surface area contributed by atoms with Crippen LogP contribution in [-0.2, 0) is 11.3 Å². The van der Waals surface area contributed by atoms with Gasteiger partial charge in [0.2, 0.25) is 0 Å². The first-order valence-corrected chi connectivity index (χ1v) is 6.47. The van der Waals surface area contributed by atoms with Crippen LogP contribution in [0.2, 0.25) is 0 Å². The number of carbonyl (C=O) groups is 2. The number of benzene rings is 1. The van der Waals surface area contributed by atoms with Gasteiger partial charge in [-0.2, -0.15) is 0 Å². The first-order chi connectivity index (χ1) is 9.58. The molecule has 0 N–H and O–H groups in total. The molecule has 1 heterocycles. The number of nitrogens with zero attached hydrogens (tertiary/aromatic N) is 1. The van der Waals surface area contributed by atoms with Gasteiger partial charge in [0, 0.05) is 19.7 Å². The highest BCUT2D eigenvalue weighted by molar-refractivity contribution is 6.04. The quantitative estimate of drug-likeness (QED) is 0.543. The van der Waals surface area contributed by atoms with E-state index in [0.29, 0.717) is 17.8 Å². The van der Waals surface area contributed by atoms with Gasteiger partial charge in [0.05, 0.1) is 18.4 Å². The lowest BCUT2D eigenvalue weighted by molar-refractivity contribution is 0.0597. The van der Waals surface area contributed by atoms with Crippen molar-refractivity contribution in [3.8, 4) is 11.1 Å². The van der Waals surface area contributed by atoms with Crippen LogP contribution in [0.15, 0.2) is 36.5 Å². The van der Waals surface area contributed by atoms with E-state index >= 15 is 0 Å². The molecule has 0 aromatic carbocycles. The average molecular weight is 271 g/mol. The summed E-state index contributed by atoms with van der Waals surface area (Å²) in [6, 6.07) is 10.1. The second-order valence-corrected chi connectivity index (χ2v) is 4.49. The summed E-state index contributed by atoms with van der Waals surface area (Å²) in [4.78, 5) is 22.6. The summed E-state index contributed by atoms with van der Waals surface area (Å²) < 4.78 is 6.31. The fourth-order valence-electron chi connectivity index (χ4n) is 2.08. The van der Waals surface area contributed by atoms with Crippen LogP contribution in [0.5, 0.6) is 0 Å². The number of hydrogen-bond donors (Lipinski definition) is 0. The number of ether oxygens (including phenoxy) is 1. The molecule has 2 aliphatic rings. The maximum absolute atomic E-state index is 11.3. The predicted octanol–water partition coefficient (Wildman–Crippen LogP) is 3.16. The van der Waals surface area contributed by atoms with Crippen molar-refractivity contribution < 1.29 is 14.3 Å². The number of aryl methyl sites for hydroxylation is 1. The van der Waals surface area contributed by atoms with Gasteiger partial charge in [-0.15, -0.1) is 0 Å². The zero-order chi connectivity index (χ0) is 14.7. The number of carbonyl (C=O) groups excluding carboxylic acids is 2. The molecular weight excluding hydrogens is 254 g/mol. The lowest BCUT2D eigenvalue weighted by Crippen LogP contribution is -2.11. The van der Waals surface area contributed by atoms with Gasteiger partial charge in [0.15, 0.2) is 5.78 Å². The van der Waals surface area contributed by atoms with Crippen LogP contribution in [0.3, 0.4) is 0 Å². The summed E-state index contributed by atoms with van der Waals surface area (Å²) >= 11 is 0. The topological polar surface area (TPSA) is 48.3 Å². The van der Waals surface area contributed by atoms with Crippen LogP contribution in [0.1, 0.15) is 34.7 Å². The zero-order valence-corrected chi connectivity index (χ0v) is 11.8. The summed E-state index contributed by atoms with van der Waals surface area (Å²) in [5.41, 5.74) is 3.60. The first-order valence-electron chi connectivity index (χ1n) is 6.47. The summed E-state index contributed by atoms with van der Waals surface area (Å²) in [6.45, 7) is 4.01. The van der Waals surface area contributed by atoms with Gasteiger partial charge in [-0.25, -0.2) is 4.79 Å². The van der Waals surface area contributed by atoms with Crippen LogP contribution in [-0.4, -0.2) is 23.4 Å². The number of hydrogen-bond acceptors (Lipinski definition) is 3. The Kier molecular flexibility index (Phi) is 4.03. The van der Waals surface area contributed by atoms with Gasteiger partial charge < -0.3 is 9.30 Å². The zero-order valence-electron chi connectivity index (χ0n) is 11.8. The molecule has 0 radical (unpaired) electrons. The molecule has 4 heteroatoms. The highest BCUT2D eigenvalue weighted by Crippen LogP contribution is 2.32. The van der Waals surface area contributed by atoms with Crippen molar-refractivity contribution in [2.75, 3.05) is 7.11 Å². The SMILES string of the molecule is CCn1ccc(C(=O)OC)c1C(C)=O.c1cc2cc-2c1. The third-order valence-electron chi connectivity index (χ3n) is 3.16. The van der Waals surface area contributed by atoms with E-state index in [0.717, 1.165) is 0 Å². The van der Waals surface area contributed by atoms with Crippen molar-refractivity contribution in [1.29, 1.82) is 0 Å². The molecule has 0 atom stereocenters. The monoisotopic (exact) mass is 271 g/mol. The Labute approximate surface area is 118 Å². The van der Waals surface area contributed by atoms with Crippen LogP contribution in [0, 0.1) is 0 Å². The number of Topliss-reactive ketones (excluding diaryl/α,β-unsaturated/α-hetero) is 1. The van der Waals surface area contributed by atoms with E-state index < -0.39 is 5.97 Å². The fraction of sp³-hybridized carbons (Fsp3) is 0.250. The Morgan fingerprint density at radius 1 is 1.20 bits per heavy atom. The van der Waals surface area contributed by atoms with E-state index in [9.17, 15) is 9.59 Å². The first kappa shape index (κ1) is 14.1. The number of methoxy groups -OCH3 is 1. The van der Waals surface area contributed by atoms with Gasteiger partial charge >= 0.3 is 5.97 Å². The van der Waals surface area contributed by atoms with Crippen LogP contribution < -0.4 is 0 Å². The summed E-state index contributed by atoms with van der Waals surface area (Å²) in [5, 5.41) is 0. The number of ketones is 1. The molecule has 0 bridgehead atoms. The van der Waals surface area contributed by atoms with Gasteiger partial charge in [-0.05, 0) is 30.2 Å². The Balaban J connectivity index is 0.000000198. The van der Waals surface area contributed by atoms with E-state index in [1.165, 1.54) is 25.2 Å². The molecule has 104 valence electrons. The number of esters is 1. The number of aromatic nitrogens is 1. The van der Waals surface area contributed by atoms with Crippen molar-refractivity contribution >= 4 is 11.8 Å². The molecule has 20 heavy (non-hydrogen) atoms. The smallest absolute Gasteiger partial charge is 0.340 e. The minimum Gasteiger partial charge on any atom is -0.465 e. The molecule has 0 saturated heterocycles. The highest BCUT2D eigenvalue weighted by atomic mass is 16.5. The maximum Gasteiger partial charge on any atom is 0.340 e. The van der Waals surface area contributed by atoms with E-state index in [1.54, 1.807) is 16.8 Å². The van der Waals surface area contributed by atoms with E-state index in [-0.39, 0.29) is 5.78 Å². The molecule has 0 saturated carbocycles. The van der Waals surface area contributed by atoms with Gasteiger partial charge in [-0.1, -0.05) is 18.2 Å². The Bertz CT molecular complexity index is 638. The van der Waals surface area contributed by atoms with Gasteiger partial charge in [0.25, 0.3) is 0 Å². The van der Waals surface area contributed by atoms with Gasteiger partial charge in [-0.3, -0.25) is 4.79 Å². The standard InChI is InChI=1S/C10H13NO3.C6H4/c1-4-11-6-5-8(10(13)14-3)9(11)7(2)12;1-2-5-4-6(5)3-1/h5-6H,4H2,1-3H3;1-4H. The van der Waals surface area contributed by atoms with Crippen molar-refractivity contribution in [2.45, 2.75) is 20.4 Å². The Morgan fingerprint density at radius 2 is 1.85 bits per heavy atom. The summed E-state index contributed by atoms with van der Waals surface area (Å²) in [6.07, 6.45) is 1.71. The highest BCUT2D eigenvalue weighted by Gasteiger charge is 2.18. The third kappa shape index (κ3) is 2.79. The molecule has 0 amide bonds. The van der Waals surface area contributed by atoms with Crippen molar-refractivity contribution in [1.82, 2.24) is 4.57 Å². The average Bonchev–Trinajstić information content (AvgIpc) is 2.90. The summed E-state index contributed by atoms with van der Waals surface area (Å²) in [5.74, 6) is -0.598. The van der Waals surface area contributed by atoms with Crippen molar-refractivity contribution in [3.63, 3.8) is 0 Å². The second kappa shape index (κ2) is 5.74. The van der Waals surface area contributed by atoms with Crippen molar-refractivity contribution in [2.24, 2.45) is 0 Å². The maximum atomic E-state index is 11.3. The molecule has 0 unspecified atom stereocenters. The van der Waals surface area contributed by atoms with Crippen molar-refractivity contribution in [3.05, 3.63) is 47.8 Å². The summed E-state index contributed by atoms with van der Waals surface area (Å²) in [7, 11) is 1.30. The third-order valence-corrected chi connectivity index (χ3v) is 3.16. The molecule has 0 aliphatic heterocycles. The minimum absolute atomic E-state index is 0.128. The normalized spacial score (nSPS) is 10.3. The molecule has 2 aliphatic carbocycles. The van der Waals surface area contributed by atoms with E-state index in [2.05, 4.69) is 29.0 Å². The Morgan fingerprint density at radius 3 is 2.20 bits per heavy atom. The number of rotatable bonds is 3. The van der Waals surface area contributed by atoms with E-state index in [4.69, 9.17) is 0 Å².